The Balaban J connectivity index is 1.63. The van der Waals surface area contributed by atoms with Crippen molar-refractivity contribution in [1.29, 1.82) is 0 Å². The first-order valence-corrected chi connectivity index (χ1v) is 11.4. The minimum absolute atomic E-state index is 0.0233. The zero-order valence-corrected chi connectivity index (χ0v) is 18.8. The molecule has 0 bridgehead atoms. The molecule has 1 heterocycles. The Morgan fingerprint density at radius 2 is 1.61 bits per heavy atom. The molecule has 33 heavy (non-hydrogen) atoms. The fraction of sp³-hybridized carbons (Fsp3) is 0.455. The van der Waals surface area contributed by atoms with Gasteiger partial charge in [0.15, 0.2) is 0 Å². The van der Waals surface area contributed by atoms with Gasteiger partial charge >= 0.3 is 12.4 Å². The molecule has 2 atom stereocenters. The van der Waals surface area contributed by atoms with E-state index in [-0.39, 0.29) is 18.2 Å². The van der Waals surface area contributed by atoms with Crippen molar-refractivity contribution in [3.8, 4) is 5.75 Å². The third kappa shape index (κ3) is 7.18. The standard InChI is InChI=1S/C22H24F6N2O2S/c1-14(2)32-19-5-3-15(4-6-19)12-30-8-7-18(13-30)29-33(31)20-10-16(21(23,24)25)9-17(11-20)22(26,27)28/h3-6,9-11,14,18,29H,7-8,12-13H2,1-2H3/t18-,33?/m1/s1. The largest absolute Gasteiger partial charge is 0.491 e. The van der Waals surface area contributed by atoms with Gasteiger partial charge in [0.1, 0.15) is 16.7 Å². The average molecular weight is 495 g/mol. The van der Waals surface area contributed by atoms with Crippen molar-refractivity contribution in [2.75, 3.05) is 13.1 Å². The second-order valence-electron chi connectivity index (χ2n) is 8.16. The Labute approximate surface area is 190 Å². The van der Waals surface area contributed by atoms with Crippen LogP contribution in [0.3, 0.4) is 0 Å². The van der Waals surface area contributed by atoms with Crippen LogP contribution in [0.1, 0.15) is 37.0 Å². The minimum Gasteiger partial charge on any atom is -0.491 e. The fourth-order valence-corrected chi connectivity index (χ4v) is 4.63. The topological polar surface area (TPSA) is 41.6 Å². The molecule has 11 heteroatoms. The number of nitrogens with one attached hydrogen (secondary N) is 1. The van der Waals surface area contributed by atoms with Crippen LogP contribution < -0.4 is 9.46 Å². The quantitative estimate of drug-likeness (QED) is 0.525. The van der Waals surface area contributed by atoms with Crippen LogP contribution in [0.4, 0.5) is 26.3 Å². The number of benzene rings is 2. The summed E-state index contributed by atoms with van der Waals surface area (Å²) < 4.78 is 99.1. The Bertz CT molecular complexity index is 944. The number of rotatable bonds is 7. The molecule has 0 aromatic heterocycles. The SMILES string of the molecule is CC(C)Oc1ccc(CN2CC[C@@H](NS(=O)c3cc(C(F)(F)F)cc(C(F)(F)F)c3)C2)cc1. The molecule has 1 aliphatic heterocycles. The van der Waals surface area contributed by atoms with Crippen molar-refractivity contribution in [3.63, 3.8) is 0 Å². The van der Waals surface area contributed by atoms with Gasteiger partial charge in [-0.25, -0.2) is 8.93 Å². The molecule has 1 unspecified atom stereocenters. The smallest absolute Gasteiger partial charge is 0.416 e. The molecule has 182 valence electrons. The molecule has 4 nitrogen and oxygen atoms in total. The summed E-state index contributed by atoms with van der Waals surface area (Å²) in [5.74, 6) is 0.754. The van der Waals surface area contributed by atoms with E-state index in [1.807, 2.05) is 38.1 Å². The Morgan fingerprint density at radius 3 is 2.12 bits per heavy atom. The summed E-state index contributed by atoms with van der Waals surface area (Å²) in [4.78, 5) is 1.51. The highest BCUT2D eigenvalue weighted by Crippen LogP contribution is 2.37. The van der Waals surface area contributed by atoms with E-state index >= 15 is 0 Å². The summed E-state index contributed by atoms with van der Waals surface area (Å²) in [7, 11) is -2.23. The summed E-state index contributed by atoms with van der Waals surface area (Å²) in [5, 5.41) is 0. The third-order valence-corrected chi connectivity index (χ3v) is 6.23. The maximum atomic E-state index is 13.0. The van der Waals surface area contributed by atoms with Gasteiger partial charge in [-0.15, -0.1) is 0 Å². The first kappa shape index (κ1) is 25.5. The summed E-state index contributed by atoms with van der Waals surface area (Å²) in [6.07, 6.45) is -9.35. The first-order chi connectivity index (χ1) is 15.3. The molecule has 2 aromatic rings. The van der Waals surface area contributed by atoms with Gasteiger partial charge in [0.05, 0.1) is 22.1 Å². The van der Waals surface area contributed by atoms with Gasteiger partial charge in [-0.3, -0.25) is 4.90 Å². The van der Waals surface area contributed by atoms with E-state index in [0.717, 1.165) is 11.3 Å². The molecular formula is C22H24F6N2O2S. The second kappa shape index (κ2) is 10.0. The van der Waals surface area contributed by atoms with Gasteiger partial charge < -0.3 is 4.74 Å². The summed E-state index contributed by atoms with van der Waals surface area (Å²) in [5.41, 5.74) is -1.94. The molecule has 0 aliphatic carbocycles. The van der Waals surface area contributed by atoms with Crippen LogP contribution in [0.25, 0.3) is 0 Å². The van der Waals surface area contributed by atoms with Crippen LogP contribution >= 0.6 is 0 Å². The molecule has 2 aromatic carbocycles. The Kier molecular flexibility index (Phi) is 7.75. The van der Waals surface area contributed by atoms with Gasteiger partial charge in [0, 0.05) is 25.7 Å². The van der Waals surface area contributed by atoms with Crippen molar-refractivity contribution in [2.24, 2.45) is 0 Å². The van der Waals surface area contributed by atoms with Crippen LogP contribution in [0.2, 0.25) is 0 Å². The molecule has 0 radical (unpaired) electrons. The van der Waals surface area contributed by atoms with E-state index in [1.165, 1.54) is 0 Å². The lowest BCUT2D eigenvalue weighted by Crippen LogP contribution is -2.34. The van der Waals surface area contributed by atoms with Crippen molar-refractivity contribution < 1.29 is 35.3 Å². The molecule has 0 amide bonds. The van der Waals surface area contributed by atoms with E-state index in [4.69, 9.17) is 4.74 Å². The number of likely N-dealkylation sites (tertiary alicyclic amines) is 1. The van der Waals surface area contributed by atoms with Crippen molar-refractivity contribution >= 4 is 11.0 Å². The van der Waals surface area contributed by atoms with E-state index < -0.39 is 39.4 Å². The van der Waals surface area contributed by atoms with E-state index in [9.17, 15) is 30.6 Å². The predicted octanol–water partition coefficient (Wildman–Crippen LogP) is 5.40. The van der Waals surface area contributed by atoms with Crippen LogP contribution in [-0.2, 0) is 29.9 Å². The van der Waals surface area contributed by atoms with Crippen molar-refractivity contribution in [3.05, 3.63) is 59.2 Å². The number of halogens is 6. The van der Waals surface area contributed by atoms with E-state index in [2.05, 4.69) is 9.62 Å². The Hall–Kier alpha value is -2.11. The predicted molar refractivity (Wildman–Crippen MR) is 112 cm³/mol. The first-order valence-electron chi connectivity index (χ1n) is 10.3. The molecule has 3 rings (SSSR count). The fourth-order valence-electron chi connectivity index (χ4n) is 3.53. The molecule has 1 fully saturated rings. The molecule has 0 saturated carbocycles. The maximum absolute atomic E-state index is 13.0. The molecule has 1 aliphatic rings. The zero-order valence-electron chi connectivity index (χ0n) is 18.0. The van der Waals surface area contributed by atoms with Crippen LogP contribution in [-0.4, -0.2) is 34.3 Å². The van der Waals surface area contributed by atoms with Gasteiger partial charge in [-0.2, -0.15) is 26.3 Å². The lowest BCUT2D eigenvalue weighted by atomic mass is 10.1. The highest BCUT2D eigenvalue weighted by molar-refractivity contribution is 7.83. The van der Waals surface area contributed by atoms with Gasteiger partial charge in [0.25, 0.3) is 0 Å². The monoisotopic (exact) mass is 494 g/mol. The summed E-state index contributed by atoms with van der Waals surface area (Å²) in [6, 6.07) is 8.26. The molecular weight excluding hydrogens is 470 g/mol. The lowest BCUT2D eigenvalue weighted by Gasteiger charge is -2.18. The van der Waals surface area contributed by atoms with Crippen LogP contribution in [0.15, 0.2) is 47.4 Å². The number of alkyl halides is 6. The minimum atomic E-state index is -4.99. The van der Waals surface area contributed by atoms with E-state index in [0.29, 0.717) is 38.2 Å². The summed E-state index contributed by atoms with van der Waals surface area (Å²) >= 11 is 0. The van der Waals surface area contributed by atoms with Crippen LogP contribution in [0, 0.1) is 0 Å². The number of hydrogen-bond acceptors (Lipinski definition) is 3. The molecule has 1 saturated heterocycles. The molecule has 1 N–H and O–H groups in total. The summed E-state index contributed by atoms with van der Waals surface area (Å²) in [6.45, 7) is 5.57. The van der Waals surface area contributed by atoms with E-state index in [1.54, 1.807) is 0 Å². The van der Waals surface area contributed by atoms with Gasteiger partial charge in [-0.1, -0.05) is 12.1 Å². The maximum Gasteiger partial charge on any atom is 0.416 e. The van der Waals surface area contributed by atoms with Gasteiger partial charge in [-0.05, 0) is 56.2 Å². The molecule has 0 spiro atoms. The third-order valence-electron chi connectivity index (χ3n) is 5.02. The Morgan fingerprint density at radius 1 is 1.03 bits per heavy atom. The average Bonchev–Trinajstić information content (AvgIpc) is 3.14. The highest BCUT2D eigenvalue weighted by atomic mass is 32.2. The van der Waals surface area contributed by atoms with Gasteiger partial charge in [0.2, 0.25) is 0 Å². The normalized spacial score (nSPS) is 18.6. The van der Waals surface area contributed by atoms with Crippen LogP contribution in [0.5, 0.6) is 5.75 Å². The number of ether oxygens (including phenoxy) is 1. The lowest BCUT2D eigenvalue weighted by molar-refractivity contribution is -0.143. The van der Waals surface area contributed by atoms with Crippen molar-refractivity contribution in [1.82, 2.24) is 9.62 Å². The number of hydrogen-bond donors (Lipinski definition) is 1. The zero-order chi connectivity index (χ0) is 24.4. The van der Waals surface area contributed by atoms with Crippen molar-refractivity contribution in [2.45, 2.75) is 56.2 Å². The highest BCUT2D eigenvalue weighted by Gasteiger charge is 2.37. The second-order valence-corrected chi connectivity index (χ2v) is 9.40. The number of nitrogens with zero attached hydrogens (tertiary/aromatic N) is 1.